The largest absolute Gasteiger partial charge is 0.366 e. The molecule has 1 unspecified atom stereocenters. The summed E-state index contributed by atoms with van der Waals surface area (Å²) in [6.45, 7) is 2.68. The van der Waals surface area contributed by atoms with Crippen molar-refractivity contribution in [3.05, 3.63) is 23.8 Å². The first kappa shape index (κ1) is 17.4. The van der Waals surface area contributed by atoms with Crippen LogP contribution in [0, 0.1) is 0 Å². The number of fused-ring (bicyclic) bond motifs is 2. The molecule has 1 aromatic rings. The number of anilines is 2. The van der Waals surface area contributed by atoms with Crippen LogP contribution in [-0.4, -0.2) is 55.9 Å². The van der Waals surface area contributed by atoms with Crippen molar-refractivity contribution in [2.75, 3.05) is 36.1 Å². The molecule has 1 N–H and O–H groups in total. The minimum Gasteiger partial charge on any atom is -0.366 e. The van der Waals surface area contributed by atoms with Crippen LogP contribution in [0.2, 0.25) is 0 Å². The predicted octanol–water partition coefficient (Wildman–Crippen LogP) is 0.823. The fourth-order valence-electron chi connectivity index (χ4n) is 5.45. The van der Waals surface area contributed by atoms with Crippen LogP contribution in [0.1, 0.15) is 37.7 Å². The number of imide groups is 1. The lowest BCUT2D eigenvalue weighted by Gasteiger charge is -2.30. The van der Waals surface area contributed by atoms with E-state index in [1.807, 2.05) is 12.1 Å². The molecule has 8 nitrogen and oxygen atoms in total. The Balaban J connectivity index is 1.40. The quantitative estimate of drug-likeness (QED) is 0.744. The molecule has 2 spiro atoms. The third-order valence-electron chi connectivity index (χ3n) is 7.01. The van der Waals surface area contributed by atoms with E-state index < -0.39 is 17.2 Å². The van der Waals surface area contributed by atoms with Gasteiger partial charge in [-0.2, -0.15) is 0 Å². The highest BCUT2D eigenvalue weighted by Crippen LogP contribution is 2.61. The second-order valence-corrected chi connectivity index (χ2v) is 8.67. The van der Waals surface area contributed by atoms with Gasteiger partial charge in [-0.3, -0.25) is 24.6 Å². The average Bonchev–Trinajstić information content (AvgIpc) is 3.09. The number of hydrogen-bond acceptors (Lipinski definition) is 6. The zero-order chi connectivity index (χ0) is 19.8. The third kappa shape index (κ3) is 2.36. The maximum absolute atomic E-state index is 13.5. The first-order valence-electron chi connectivity index (χ1n) is 10.4. The van der Waals surface area contributed by atoms with Crippen molar-refractivity contribution in [2.24, 2.45) is 0 Å². The molecular formula is C21H23N3O5. The number of carbonyl (C=O) groups is 3. The molecule has 4 fully saturated rings. The molecule has 1 saturated carbocycles. The lowest BCUT2D eigenvalue weighted by Crippen LogP contribution is -2.54. The molecule has 5 aliphatic rings. The van der Waals surface area contributed by atoms with E-state index in [4.69, 9.17) is 9.47 Å². The Bertz CT molecular complexity index is 934. The van der Waals surface area contributed by atoms with E-state index in [1.165, 1.54) is 0 Å². The van der Waals surface area contributed by atoms with Crippen LogP contribution in [-0.2, 0) is 29.3 Å². The zero-order valence-electron chi connectivity index (χ0n) is 16.1. The van der Waals surface area contributed by atoms with Crippen LogP contribution in [0.15, 0.2) is 18.2 Å². The molecule has 152 valence electrons. The number of piperidine rings is 1. The molecule has 4 heterocycles. The molecule has 29 heavy (non-hydrogen) atoms. The van der Waals surface area contributed by atoms with Crippen LogP contribution in [0.5, 0.6) is 0 Å². The topological polar surface area (TPSA) is 88.2 Å². The van der Waals surface area contributed by atoms with Crippen molar-refractivity contribution in [3.8, 4) is 0 Å². The Labute approximate surface area is 168 Å². The van der Waals surface area contributed by atoms with Gasteiger partial charge >= 0.3 is 0 Å². The van der Waals surface area contributed by atoms with Gasteiger partial charge in [-0.05, 0) is 31.4 Å². The Morgan fingerprint density at radius 1 is 1.03 bits per heavy atom. The van der Waals surface area contributed by atoms with E-state index in [-0.39, 0.29) is 24.1 Å². The fourth-order valence-corrected chi connectivity index (χ4v) is 5.45. The standard InChI is InChI=1S/C21H23N3O5/c25-16-5-4-15(18(26)22-16)24-14-3-1-2-13(17(14)20(6-7-20)19(24)27)23-9-8-21(12-23)28-10-11-29-21/h1-3,15H,4-12H2,(H,22,25,26). The van der Waals surface area contributed by atoms with Gasteiger partial charge in [0.15, 0.2) is 5.79 Å². The Morgan fingerprint density at radius 3 is 2.52 bits per heavy atom. The molecule has 1 aliphatic carbocycles. The highest BCUT2D eigenvalue weighted by atomic mass is 16.7. The smallest absolute Gasteiger partial charge is 0.249 e. The van der Waals surface area contributed by atoms with Crippen LogP contribution >= 0.6 is 0 Å². The number of nitrogens with zero attached hydrogens (tertiary/aromatic N) is 2. The van der Waals surface area contributed by atoms with E-state index in [0.29, 0.717) is 26.2 Å². The minimum absolute atomic E-state index is 0.00303. The number of hydrogen-bond donors (Lipinski definition) is 1. The van der Waals surface area contributed by atoms with Crippen LogP contribution in [0.25, 0.3) is 0 Å². The molecule has 0 aromatic heterocycles. The summed E-state index contributed by atoms with van der Waals surface area (Å²) in [6, 6.07) is 5.32. The van der Waals surface area contributed by atoms with Gasteiger partial charge < -0.3 is 14.4 Å². The maximum atomic E-state index is 13.5. The van der Waals surface area contributed by atoms with Crippen LogP contribution in [0.3, 0.4) is 0 Å². The highest BCUT2D eigenvalue weighted by Gasteiger charge is 2.62. The molecule has 3 amide bonds. The van der Waals surface area contributed by atoms with Crippen molar-refractivity contribution in [1.29, 1.82) is 0 Å². The monoisotopic (exact) mass is 397 g/mol. The first-order chi connectivity index (χ1) is 14.0. The van der Waals surface area contributed by atoms with E-state index in [9.17, 15) is 14.4 Å². The number of rotatable bonds is 2. The molecule has 6 rings (SSSR count). The Hall–Kier alpha value is -2.45. The van der Waals surface area contributed by atoms with Gasteiger partial charge in [0.1, 0.15) is 6.04 Å². The van der Waals surface area contributed by atoms with Gasteiger partial charge in [0.2, 0.25) is 17.7 Å². The van der Waals surface area contributed by atoms with Gasteiger partial charge in [0.25, 0.3) is 0 Å². The lowest BCUT2D eigenvalue weighted by molar-refractivity contribution is -0.138. The van der Waals surface area contributed by atoms with Gasteiger partial charge in [-0.25, -0.2) is 0 Å². The van der Waals surface area contributed by atoms with E-state index in [2.05, 4.69) is 16.3 Å². The zero-order valence-corrected chi connectivity index (χ0v) is 16.1. The SMILES string of the molecule is O=C1CCC(N2C(=O)C3(CC3)c3c(N4CCC5(C4)OCCO5)cccc32)C(=O)N1. The summed E-state index contributed by atoms with van der Waals surface area (Å²) < 4.78 is 11.8. The fraction of sp³-hybridized carbons (Fsp3) is 0.571. The number of ether oxygens (including phenoxy) is 2. The average molecular weight is 397 g/mol. The summed E-state index contributed by atoms with van der Waals surface area (Å²) in [5.74, 6) is -1.19. The van der Waals surface area contributed by atoms with Crippen molar-refractivity contribution < 1.29 is 23.9 Å². The summed E-state index contributed by atoms with van der Waals surface area (Å²) in [5, 5.41) is 2.39. The molecule has 3 saturated heterocycles. The molecule has 1 atom stereocenters. The summed E-state index contributed by atoms with van der Waals surface area (Å²) in [6.07, 6.45) is 3.02. The predicted molar refractivity (Wildman–Crippen MR) is 102 cm³/mol. The lowest BCUT2D eigenvalue weighted by atomic mass is 9.95. The number of carbonyl (C=O) groups excluding carboxylic acids is 3. The molecule has 1 aromatic carbocycles. The maximum Gasteiger partial charge on any atom is 0.249 e. The van der Waals surface area contributed by atoms with Crippen molar-refractivity contribution in [1.82, 2.24) is 5.32 Å². The minimum atomic E-state index is -0.624. The molecular weight excluding hydrogens is 374 g/mol. The van der Waals surface area contributed by atoms with E-state index >= 15 is 0 Å². The third-order valence-corrected chi connectivity index (χ3v) is 7.01. The van der Waals surface area contributed by atoms with Gasteiger partial charge in [-0.1, -0.05) is 6.07 Å². The number of amides is 3. The molecule has 0 bridgehead atoms. The van der Waals surface area contributed by atoms with Crippen molar-refractivity contribution in [3.63, 3.8) is 0 Å². The normalized spacial score (nSPS) is 29.1. The van der Waals surface area contributed by atoms with Gasteiger partial charge in [-0.15, -0.1) is 0 Å². The number of nitrogens with one attached hydrogen (secondary N) is 1. The molecule has 0 radical (unpaired) electrons. The second-order valence-electron chi connectivity index (χ2n) is 8.67. The second kappa shape index (κ2) is 5.79. The van der Waals surface area contributed by atoms with E-state index in [0.717, 1.165) is 42.7 Å². The molecule has 8 heteroatoms. The number of benzene rings is 1. The van der Waals surface area contributed by atoms with Crippen LogP contribution < -0.4 is 15.1 Å². The highest BCUT2D eigenvalue weighted by molar-refractivity contribution is 6.16. The summed E-state index contributed by atoms with van der Waals surface area (Å²) >= 11 is 0. The van der Waals surface area contributed by atoms with Gasteiger partial charge in [0.05, 0.1) is 30.9 Å². The summed E-state index contributed by atoms with van der Waals surface area (Å²) in [7, 11) is 0. The van der Waals surface area contributed by atoms with E-state index in [1.54, 1.807) is 4.90 Å². The first-order valence-corrected chi connectivity index (χ1v) is 10.4. The van der Waals surface area contributed by atoms with Crippen molar-refractivity contribution in [2.45, 2.75) is 49.3 Å². The Morgan fingerprint density at radius 2 is 1.79 bits per heavy atom. The summed E-state index contributed by atoms with van der Waals surface area (Å²) in [4.78, 5) is 41.5. The van der Waals surface area contributed by atoms with Crippen molar-refractivity contribution >= 4 is 29.1 Å². The molecule has 4 aliphatic heterocycles. The summed E-state index contributed by atoms with van der Waals surface area (Å²) in [5.41, 5.74) is 2.36. The van der Waals surface area contributed by atoms with Gasteiger partial charge in [0, 0.05) is 30.6 Å². The Kier molecular flexibility index (Phi) is 3.48. The van der Waals surface area contributed by atoms with Crippen LogP contribution in [0.4, 0.5) is 11.4 Å².